The van der Waals surface area contributed by atoms with Crippen molar-refractivity contribution in [2.45, 2.75) is 39.2 Å². The summed E-state index contributed by atoms with van der Waals surface area (Å²) >= 11 is 0. The molecular weight excluding hydrogens is 873 g/mol. The van der Waals surface area contributed by atoms with Crippen molar-refractivity contribution in [1.82, 2.24) is 65.0 Å². The molecule has 0 aromatic carbocycles. The van der Waals surface area contributed by atoms with Crippen molar-refractivity contribution < 1.29 is 23.9 Å². The maximum Gasteiger partial charge on any atom is 0.254 e. The number of amides is 3. The molecule has 3 amide bonds. The molecule has 2 saturated heterocycles. The molecule has 0 radical (unpaired) electrons. The Morgan fingerprint density at radius 3 is 2.41 bits per heavy atom. The molecule has 0 aliphatic carbocycles. The SMILES string of the molecule is C=N/C(=N\C=C(/C)CN)N1CCN(C(=O)CCOCCN2CCN(c3ncc(C(=O)NCCOCCC(=O)NCCCCn4nc(-c5cnc6[nH]ccc6c5)c5c(N)ncnc54)cn3)CC2)CC1. The zero-order valence-corrected chi connectivity index (χ0v) is 38.7. The van der Waals surface area contributed by atoms with Crippen LogP contribution in [0.1, 0.15) is 43.0 Å². The van der Waals surface area contributed by atoms with Crippen LogP contribution in [0.15, 0.2) is 65.0 Å². The lowest BCUT2D eigenvalue weighted by Gasteiger charge is -2.35. The van der Waals surface area contributed by atoms with Crippen LogP contribution in [-0.2, 0) is 25.6 Å². The Labute approximate surface area is 394 Å². The van der Waals surface area contributed by atoms with Crippen LogP contribution in [0.2, 0.25) is 0 Å². The number of aryl methyl sites for hydroxylation is 1. The minimum Gasteiger partial charge on any atom is -0.383 e. The standard InChI is InChI=1S/C45H62N18O5/c1-32(26-46)27-53-44(48-2)61-18-16-60(17-19-61)37(65)7-22-68-24-20-59-12-14-62(15-13-59)45-54-29-35(30-55-45)43(66)51-10-23-67-21-6-36(64)49-8-3-4-11-63-42-38(40(47)56-31-57-42)39(58-63)34-25-33-5-9-50-41(33)52-28-34/h5,9,25,27-31H,2-4,6-8,10-24,26,46H2,1H3,(H,49,64)(H,50,52)(H,51,66)(H2,47,56,57)/b32-27+,53-44+. The van der Waals surface area contributed by atoms with Gasteiger partial charge in [-0.05, 0) is 44.2 Å². The number of aromatic amines is 1. The first-order chi connectivity index (χ1) is 33.2. The second-order valence-corrected chi connectivity index (χ2v) is 16.4. The van der Waals surface area contributed by atoms with Gasteiger partial charge in [0.2, 0.25) is 23.7 Å². The lowest BCUT2D eigenvalue weighted by molar-refractivity contribution is -0.133. The van der Waals surface area contributed by atoms with E-state index in [0.717, 1.165) is 67.7 Å². The van der Waals surface area contributed by atoms with Gasteiger partial charge in [0.25, 0.3) is 5.91 Å². The Hall–Kier alpha value is -6.95. The van der Waals surface area contributed by atoms with E-state index in [1.54, 1.807) is 12.4 Å². The quantitative estimate of drug-likeness (QED) is 0.0369. The summed E-state index contributed by atoms with van der Waals surface area (Å²) in [4.78, 5) is 79.7. The van der Waals surface area contributed by atoms with Crippen LogP contribution in [0, 0.1) is 0 Å². The largest absolute Gasteiger partial charge is 0.383 e. The predicted octanol–water partition coefficient (Wildman–Crippen LogP) is 1.07. The zero-order valence-electron chi connectivity index (χ0n) is 38.7. The Morgan fingerprint density at radius 2 is 1.63 bits per heavy atom. The molecule has 23 heteroatoms. The highest BCUT2D eigenvalue weighted by atomic mass is 16.5. The highest BCUT2D eigenvalue weighted by Crippen LogP contribution is 2.31. The third kappa shape index (κ3) is 13.4. The molecule has 2 aliphatic heterocycles. The van der Waals surface area contributed by atoms with Crippen LogP contribution < -0.4 is 27.0 Å². The number of anilines is 2. The highest BCUT2D eigenvalue weighted by Gasteiger charge is 2.24. The molecule has 7 N–H and O–H groups in total. The van der Waals surface area contributed by atoms with E-state index in [0.29, 0.717) is 105 Å². The molecule has 68 heavy (non-hydrogen) atoms. The van der Waals surface area contributed by atoms with Crippen LogP contribution in [0.25, 0.3) is 33.3 Å². The monoisotopic (exact) mass is 935 g/mol. The summed E-state index contributed by atoms with van der Waals surface area (Å²) in [7, 11) is 0. The number of hydrogen-bond acceptors (Lipinski definition) is 16. The van der Waals surface area contributed by atoms with E-state index in [-0.39, 0.29) is 43.9 Å². The van der Waals surface area contributed by atoms with Crippen molar-refractivity contribution in [2.24, 2.45) is 15.7 Å². The molecule has 0 bridgehead atoms. The molecule has 0 saturated carbocycles. The summed E-state index contributed by atoms with van der Waals surface area (Å²) in [6.45, 7) is 15.1. The number of carbonyl (C=O) groups excluding carboxylic acids is 3. The first kappa shape index (κ1) is 49.0. The number of aliphatic imine (C=N–C) groups is 2. The molecule has 0 spiro atoms. The highest BCUT2D eigenvalue weighted by molar-refractivity contribution is 5.99. The van der Waals surface area contributed by atoms with E-state index in [9.17, 15) is 14.4 Å². The van der Waals surface area contributed by atoms with Crippen LogP contribution in [-0.4, -0.2) is 190 Å². The van der Waals surface area contributed by atoms with Gasteiger partial charge in [0.05, 0.1) is 43.8 Å². The van der Waals surface area contributed by atoms with Crippen LogP contribution >= 0.6 is 0 Å². The molecule has 0 unspecified atom stereocenters. The van der Waals surface area contributed by atoms with Gasteiger partial charge < -0.3 is 51.3 Å². The van der Waals surface area contributed by atoms with Crippen molar-refractivity contribution in [3.8, 4) is 11.3 Å². The minimum atomic E-state index is -0.301. The van der Waals surface area contributed by atoms with Gasteiger partial charge >= 0.3 is 0 Å². The number of ether oxygens (including phenoxy) is 2. The number of hydrogen-bond donors (Lipinski definition) is 5. The normalized spacial score (nSPS) is 15.1. The number of fused-ring (bicyclic) bond motifs is 2. The summed E-state index contributed by atoms with van der Waals surface area (Å²) in [5, 5.41) is 12.2. The predicted molar refractivity (Wildman–Crippen MR) is 259 cm³/mol. The molecule has 7 rings (SSSR count). The number of aromatic nitrogens is 8. The van der Waals surface area contributed by atoms with Gasteiger partial charge in [0, 0.05) is 133 Å². The number of nitrogen functional groups attached to an aromatic ring is 1. The van der Waals surface area contributed by atoms with E-state index >= 15 is 0 Å². The number of guanidine groups is 1. The maximum absolute atomic E-state index is 12.8. The number of piperazine rings is 2. The number of rotatable bonds is 22. The van der Waals surface area contributed by atoms with Crippen molar-refractivity contribution in [3.05, 3.63) is 60.6 Å². The fourth-order valence-corrected chi connectivity index (χ4v) is 7.75. The van der Waals surface area contributed by atoms with E-state index in [1.165, 1.54) is 18.7 Å². The number of H-pyrrole nitrogens is 1. The van der Waals surface area contributed by atoms with E-state index in [1.807, 2.05) is 39.7 Å². The van der Waals surface area contributed by atoms with Gasteiger partial charge in [-0.15, -0.1) is 0 Å². The van der Waals surface area contributed by atoms with Crippen molar-refractivity contribution in [3.63, 3.8) is 0 Å². The third-order valence-corrected chi connectivity index (χ3v) is 11.7. The molecular formula is C45H62N18O5. The second kappa shape index (κ2) is 24.7. The summed E-state index contributed by atoms with van der Waals surface area (Å²) in [6, 6.07) is 3.96. The fourth-order valence-electron chi connectivity index (χ4n) is 7.75. The molecule has 23 nitrogen and oxygen atoms in total. The first-order valence-electron chi connectivity index (χ1n) is 23.0. The zero-order chi connectivity index (χ0) is 47.7. The third-order valence-electron chi connectivity index (χ3n) is 11.7. The first-order valence-corrected chi connectivity index (χ1v) is 23.0. The minimum absolute atomic E-state index is 0.0783. The molecule has 0 atom stereocenters. The van der Waals surface area contributed by atoms with Crippen LogP contribution in [0.5, 0.6) is 0 Å². The number of unbranched alkanes of at least 4 members (excludes halogenated alkanes) is 1. The summed E-state index contributed by atoms with van der Waals surface area (Å²) in [5.74, 6) is 1.13. The van der Waals surface area contributed by atoms with E-state index in [2.05, 4.69) is 67.0 Å². The number of nitrogens with one attached hydrogen (secondary N) is 3. The molecule has 2 aliphatic rings. The van der Waals surface area contributed by atoms with Crippen LogP contribution in [0.3, 0.4) is 0 Å². The Kier molecular flexibility index (Phi) is 17.8. The molecule has 5 aromatic heterocycles. The Morgan fingerprint density at radius 1 is 0.868 bits per heavy atom. The lowest BCUT2D eigenvalue weighted by Crippen LogP contribution is -2.50. The second-order valence-electron chi connectivity index (χ2n) is 16.4. The number of nitrogens with two attached hydrogens (primary N) is 2. The summed E-state index contributed by atoms with van der Waals surface area (Å²) < 4.78 is 13.2. The van der Waals surface area contributed by atoms with E-state index < -0.39 is 0 Å². The molecule has 7 heterocycles. The van der Waals surface area contributed by atoms with Gasteiger partial charge in [-0.3, -0.25) is 19.3 Å². The average Bonchev–Trinajstić information content (AvgIpc) is 4.00. The Balaban J connectivity index is 0.698. The maximum atomic E-state index is 12.8. The average molecular weight is 935 g/mol. The van der Waals surface area contributed by atoms with Crippen molar-refractivity contribution >= 4 is 64.2 Å². The van der Waals surface area contributed by atoms with Gasteiger partial charge in [-0.25, -0.2) is 39.6 Å². The number of pyridine rings is 1. The number of carbonyl (C=O) groups is 3. The van der Waals surface area contributed by atoms with E-state index in [4.69, 9.17) is 26.0 Å². The van der Waals surface area contributed by atoms with Crippen molar-refractivity contribution in [1.29, 1.82) is 0 Å². The van der Waals surface area contributed by atoms with Gasteiger partial charge in [0.15, 0.2) is 5.65 Å². The topological polar surface area (TPSA) is 282 Å². The fraction of sp³-hybridized carbons (Fsp3) is 0.489. The van der Waals surface area contributed by atoms with Gasteiger partial charge in [-0.1, -0.05) is 0 Å². The molecule has 5 aromatic rings. The Bertz CT molecular complexity index is 2530. The smallest absolute Gasteiger partial charge is 0.254 e. The van der Waals surface area contributed by atoms with Gasteiger partial charge in [-0.2, -0.15) is 5.10 Å². The summed E-state index contributed by atoms with van der Waals surface area (Å²) in [5.41, 5.74) is 16.1. The van der Waals surface area contributed by atoms with Gasteiger partial charge in [0.1, 0.15) is 23.5 Å². The lowest BCUT2D eigenvalue weighted by atomic mass is 10.1. The molecule has 362 valence electrons. The van der Waals surface area contributed by atoms with Crippen LogP contribution in [0.4, 0.5) is 11.8 Å². The van der Waals surface area contributed by atoms with Crippen molar-refractivity contribution in [2.75, 3.05) is 116 Å². The number of nitrogens with zero attached hydrogens (tertiary/aromatic N) is 13. The summed E-state index contributed by atoms with van der Waals surface area (Å²) in [6.07, 6.45) is 11.8. The molecule has 2 fully saturated rings.